The topological polar surface area (TPSA) is 17.1 Å². The summed E-state index contributed by atoms with van der Waals surface area (Å²) in [7, 11) is 0. The summed E-state index contributed by atoms with van der Waals surface area (Å²) in [6, 6.07) is 46.7. The summed E-state index contributed by atoms with van der Waals surface area (Å²) in [6.07, 6.45) is 0. The van der Waals surface area contributed by atoms with E-state index in [9.17, 15) is 4.79 Å². The number of thiophene rings is 1. The Hall–Kier alpha value is -4.57. The number of benzene rings is 6. The van der Waals surface area contributed by atoms with Crippen molar-refractivity contribution in [2.24, 2.45) is 0 Å². The highest BCUT2D eigenvalue weighted by Gasteiger charge is 2.13. The molecular formula is C37H22OS2. The van der Waals surface area contributed by atoms with Crippen molar-refractivity contribution in [3.8, 4) is 33.4 Å². The SMILES string of the molecule is O=c1c2cc(-c3ccccc3)ccc2sc2ccc(-c3cccc(-c4cccc5c4sc4ccccc45)c3)cc12. The Balaban J connectivity index is 1.26. The van der Waals surface area contributed by atoms with Gasteiger partial charge in [-0.05, 0) is 69.8 Å². The van der Waals surface area contributed by atoms with Crippen LogP contribution in [-0.2, 0) is 0 Å². The molecule has 3 heteroatoms. The third kappa shape index (κ3) is 3.78. The lowest BCUT2D eigenvalue weighted by atomic mass is 9.97. The van der Waals surface area contributed by atoms with Crippen LogP contribution in [0, 0.1) is 0 Å². The fraction of sp³-hybridized carbons (Fsp3) is 0. The van der Waals surface area contributed by atoms with Crippen LogP contribution in [0.5, 0.6) is 0 Å². The Morgan fingerprint density at radius 3 is 1.75 bits per heavy atom. The van der Waals surface area contributed by atoms with Crippen LogP contribution < -0.4 is 5.43 Å². The second kappa shape index (κ2) is 9.27. The van der Waals surface area contributed by atoms with E-state index in [1.165, 1.54) is 31.3 Å². The van der Waals surface area contributed by atoms with Gasteiger partial charge in [0.25, 0.3) is 0 Å². The molecule has 1 nitrogen and oxygen atoms in total. The van der Waals surface area contributed by atoms with Gasteiger partial charge in [0.2, 0.25) is 0 Å². The molecule has 0 saturated heterocycles. The molecule has 0 atom stereocenters. The maximum Gasteiger partial charge on any atom is 0.195 e. The van der Waals surface area contributed by atoms with Gasteiger partial charge in [-0.25, -0.2) is 0 Å². The van der Waals surface area contributed by atoms with Gasteiger partial charge in [0, 0.05) is 40.3 Å². The van der Waals surface area contributed by atoms with E-state index in [2.05, 4.69) is 109 Å². The highest BCUT2D eigenvalue weighted by atomic mass is 32.1. The maximum absolute atomic E-state index is 13.8. The van der Waals surface area contributed by atoms with Gasteiger partial charge in [0.15, 0.2) is 5.43 Å². The molecule has 2 heterocycles. The van der Waals surface area contributed by atoms with Gasteiger partial charge in [-0.1, -0.05) is 97.1 Å². The summed E-state index contributed by atoms with van der Waals surface area (Å²) >= 11 is 3.53. The lowest BCUT2D eigenvalue weighted by Crippen LogP contribution is -2.01. The van der Waals surface area contributed by atoms with Crippen molar-refractivity contribution in [2.75, 3.05) is 0 Å². The highest BCUT2D eigenvalue weighted by Crippen LogP contribution is 2.40. The Morgan fingerprint density at radius 2 is 0.950 bits per heavy atom. The number of hydrogen-bond donors (Lipinski definition) is 0. The van der Waals surface area contributed by atoms with Crippen molar-refractivity contribution in [1.82, 2.24) is 0 Å². The minimum Gasteiger partial charge on any atom is -0.289 e. The van der Waals surface area contributed by atoms with Gasteiger partial charge in [0.1, 0.15) is 0 Å². The van der Waals surface area contributed by atoms with E-state index in [1.54, 1.807) is 11.3 Å². The Morgan fingerprint density at radius 1 is 0.375 bits per heavy atom. The van der Waals surface area contributed by atoms with Gasteiger partial charge >= 0.3 is 0 Å². The summed E-state index contributed by atoms with van der Waals surface area (Å²) in [4.78, 5) is 13.8. The molecule has 0 amide bonds. The molecule has 0 aliphatic carbocycles. The van der Waals surface area contributed by atoms with E-state index in [1.807, 2.05) is 35.6 Å². The van der Waals surface area contributed by atoms with E-state index in [0.29, 0.717) is 0 Å². The Kier molecular flexibility index (Phi) is 5.41. The zero-order chi connectivity index (χ0) is 26.6. The predicted octanol–water partition coefficient (Wildman–Crippen LogP) is 10.8. The second-order valence-electron chi connectivity index (χ2n) is 10.1. The second-order valence-corrected chi connectivity index (χ2v) is 12.2. The van der Waals surface area contributed by atoms with E-state index in [0.717, 1.165) is 42.4 Å². The van der Waals surface area contributed by atoms with Crippen molar-refractivity contribution in [3.63, 3.8) is 0 Å². The summed E-state index contributed by atoms with van der Waals surface area (Å²) in [6.45, 7) is 0. The van der Waals surface area contributed by atoms with Crippen LogP contribution in [0.3, 0.4) is 0 Å². The maximum atomic E-state index is 13.8. The van der Waals surface area contributed by atoms with E-state index < -0.39 is 0 Å². The average molecular weight is 547 g/mol. The van der Waals surface area contributed by atoms with Gasteiger partial charge in [-0.2, -0.15) is 0 Å². The van der Waals surface area contributed by atoms with E-state index in [4.69, 9.17) is 0 Å². The molecule has 0 spiro atoms. The molecule has 0 aliphatic heterocycles. The Bertz CT molecular complexity index is 2290. The van der Waals surface area contributed by atoms with Crippen molar-refractivity contribution in [1.29, 1.82) is 0 Å². The van der Waals surface area contributed by atoms with Crippen LogP contribution in [0.4, 0.5) is 0 Å². The summed E-state index contributed by atoms with van der Waals surface area (Å²) < 4.78 is 4.65. The molecule has 6 aromatic carbocycles. The third-order valence-corrected chi connectivity index (χ3v) is 10.1. The molecular weight excluding hydrogens is 525 g/mol. The molecule has 8 rings (SSSR count). The Labute approximate surface area is 239 Å². The molecule has 0 radical (unpaired) electrons. The molecule has 0 bridgehead atoms. The minimum absolute atomic E-state index is 0.0922. The lowest BCUT2D eigenvalue weighted by Gasteiger charge is -2.09. The van der Waals surface area contributed by atoms with Gasteiger partial charge < -0.3 is 0 Å². The molecule has 0 fully saturated rings. The van der Waals surface area contributed by atoms with Crippen LogP contribution in [-0.4, -0.2) is 0 Å². The van der Waals surface area contributed by atoms with Crippen LogP contribution in [0.1, 0.15) is 0 Å². The summed E-state index contributed by atoms with van der Waals surface area (Å²) in [5, 5.41) is 4.16. The summed E-state index contributed by atoms with van der Waals surface area (Å²) in [5.74, 6) is 0. The highest BCUT2D eigenvalue weighted by molar-refractivity contribution is 7.26. The molecule has 8 aromatic rings. The quantitative estimate of drug-likeness (QED) is 0.201. The predicted molar refractivity (Wildman–Crippen MR) is 175 cm³/mol. The first-order valence-electron chi connectivity index (χ1n) is 13.3. The number of hydrogen-bond acceptors (Lipinski definition) is 3. The fourth-order valence-electron chi connectivity index (χ4n) is 5.69. The van der Waals surface area contributed by atoms with E-state index >= 15 is 0 Å². The van der Waals surface area contributed by atoms with Crippen molar-refractivity contribution >= 4 is 63.0 Å². The average Bonchev–Trinajstić information content (AvgIpc) is 3.40. The minimum atomic E-state index is 0.0922. The van der Waals surface area contributed by atoms with Crippen molar-refractivity contribution in [2.45, 2.75) is 0 Å². The van der Waals surface area contributed by atoms with E-state index in [-0.39, 0.29) is 5.43 Å². The first kappa shape index (κ1) is 23.3. The zero-order valence-corrected chi connectivity index (χ0v) is 23.1. The standard InChI is InChI=1S/C37H22OS2/c38-36-31-21-25(23-8-2-1-3-9-23)16-18-34(31)39-35-19-17-26(22-32(35)36)24-10-6-11-27(20-24)28-13-7-14-30-29-12-4-5-15-33(29)40-37(28)30/h1-22H. The largest absolute Gasteiger partial charge is 0.289 e. The van der Waals surface area contributed by atoms with Gasteiger partial charge in [0.05, 0.1) is 0 Å². The lowest BCUT2D eigenvalue weighted by molar-refractivity contribution is 1.63. The smallest absolute Gasteiger partial charge is 0.195 e. The zero-order valence-electron chi connectivity index (χ0n) is 21.4. The summed E-state index contributed by atoms with van der Waals surface area (Å²) in [5.41, 5.74) is 6.87. The molecule has 0 saturated carbocycles. The van der Waals surface area contributed by atoms with Gasteiger partial charge in [-0.15, -0.1) is 22.7 Å². The number of rotatable bonds is 3. The van der Waals surface area contributed by atoms with Crippen molar-refractivity contribution in [3.05, 3.63) is 144 Å². The van der Waals surface area contributed by atoms with Crippen LogP contribution in [0.2, 0.25) is 0 Å². The fourth-order valence-corrected chi connectivity index (χ4v) is 7.96. The van der Waals surface area contributed by atoms with Crippen LogP contribution >= 0.6 is 22.7 Å². The first-order chi connectivity index (χ1) is 19.7. The number of fused-ring (bicyclic) bond motifs is 5. The van der Waals surface area contributed by atoms with Crippen LogP contribution in [0.15, 0.2) is 138 Å². The first-order valence-corrected chi connectivity index (χ1v) is 14.9. The molecule has 0 N–H and O–H groups in total. The molecule has 188 valence electrons. The van der Waals surface area contributed by atoms with Gasteiger partial charge in [-0.3, -0.25) is 4.79 Å². The molecule has 40 heavy (non-hydrogen) atoms. The normalized spacial score (nSPS) is 11.6. The molecule has 0 aliphatic rings. The van der Waals surface area contributed by atoms with Crippen LogP contribution in [0.25, 0.3) is 73.7 Å². The van der Waals surface area contributed by atoms with Crippen molar-refractivity contribution < 1.29 is 0 Å². The monoisotopic (exact) mass is 546 g/mol. The molecule has 0 unspecified atom stereocenters. The molecule has 2 aromatic heterocycles. The third-order valence-electron chi connectivity index (χ3n) is 7.69.